The number of para-hydroxylation sites is 2. The number of nitrogens with zero attached hydrogens (tertiary/aromatic N) is 3. The molecule has 6 nitrogen and oxygen atoms in total. The number of amides is 1. The molecule has 0 aliphatic carbocycles. The van der Waals surface area contributed by atoms with E-state index in [4.69, 9.17) is 12.2 Å². The third kappa shape index (κ3) is 4.79. The number of carbonyl (C=O) groups excluding carboxylic acids is 1. The number of aromatic nitrogens is 2. The van der Waals surface area contributed by atoms with E-state index in [0.29, 0.717) is 11.7 Å². The van der Waals surface area contributed by atoms with Crippen LogP contribution in [0.2, 0.25) is 0 Å². The normalized spacial score (nSPS) is 16.9. The van der Waals surface area contributed by atoms with E-state index in [2.05, 4.69) is 58.0 Å². The highest BCUT2D eigenvalue weighted by Gasteiger charge is 2.42. The Bertz CT molecular complexity index is 1470. The summed E-state index contributed by atoms with van der Waals surface area (Å²) in [7, 11) is 0. The van der Waals surface area contributed by atoms with Crippen molar-refractivity contribution in [3.63, 3.8) is 0 Å². The zero-order valence-electron chi connectivity index (χ0n) is 21.6. The van der Waals surface area contributed by atoms with Crippen LogP contribution in [0.5, 0.6) is 0 Å². The molecule has 4 aromatic rings. The molecule has 194 valence electrons. The summed E-state index contributed by atoms with van der Waals surface area (Å²) in [5, 5.41) is 6.71. The largest absolute Gasteiger partial charge is 0.352 e. The molecule has 2 N–H and O–H groups in total. The van der Waals surface area contributed by atoms with Crippen LogP contribution in [0.4, 0.5) is 10.1 Å². The van der Waals surface area contributed by atoms with E-state index in [-0.39, 0.29) is 30.1 Å². The van der Waals surface area contributed by atoms with Gasteiger partial charge in [0.15, 0.2) is 5.11 Å². The van der Waals surface area contributed by atoms with Gasteiger partial charge in [0, 0.05) is 41.8 Å². The third-order valence-corrected chi connectivity index (χ3v) is 7.60. The van der Waals surface area contributed by atoms with E-state index >= 15 is 0 Å². The lowest BCUT2D eigenvalue weighted by molar-refractivity contribution is -0.116. The Morgan fingerprint density at radius 1 is 1.00 bits per heavy atom. The van der Waals surface area contributed by atoms with Crippen molar-refractivity contribution in [2.75, 3.05) is 11.9 Å². The number of hydrogen-bond acceptors (Lipinski definition) is 3. The van der Waals surface area contributed by atoms with Gasteiger partial charge in [-0.1, -0.05) is 36.4 Å². The van der Waals surface area contributed by atoms with Crippen LogP contribution in [-0.2, 0) is 4.79 Å². The summed E-state index contributed by atoms with van der Waals surface area (Å²) in [5.41, 5.74) is 6.74. The first-order chi connectivity index (χ1) is 18.4. The molecule has 1 aliphatic heterocycles. The zero-order chi connectivity index (χ0) is 26.8. The lowest BCUT2D eigenvalue weighted by Gasteiger charge is -2.29. The highest BCUT2D eigenvalue weighted by Crippen LogP contribution is 2.43. The van der Waals surface area contributed by atoms with E-state index in [0.717, 1.165) is 28.3 Å². The number of halogens is 1. The van der Waals surface area contributed by atoms with Crippen LogP contribution >= 0.6 is 12.2 Å². The molecule has 2 unspecified atom stereocenters. The number of rotatable bonds is 7. The van der Waals surface area contributed by atoms with Gasteiger partial charge in [0.25, 0.3) is 0 Å². The summed E-state index contributed by atoms with van der Waals surface area (Å²) < 4.78 is 16.3. The fourth-order valence-electron chi connectivity index (χ4n) is 5.36. The van der Waals surface area contributed by atoms with Crippen LogP contribution in [0.25, 0.3) is 5.69 Å². The van der Waals surface area contributed by atoms with Crippen molar-refractivity contribution < 1.29 is 9.18 Å². The number of nitrogens with one attached hydrogen (secondary N) is 2. The average Bonchev–Trinajstić information content (AvgIpc) is 3.36. The van der Waals surface area contributed by atoms with E-state index in [1.165, 1.54) is 11.6 Å². The van der Waals surface area contributed by atoms with Gasteiger partial charge in [-0.2, -0.15) is 0 Å². The minimum absolute atomic E-state index is 0.151. The molecule has 1 aliphatic rings. The number of hydrogen-bond donors (Lipinski definition) is 2. The van der Waals surface area contributed by atoms with Crippen molar-refractivity contribution in [1.82, 2.24) is 19.8 Å². The van der Waals surface area contributed by atoms with Gasteiger partial charge in [0.1, 0.15) is 5.82 Å². The van der Waals surface area contributed by atoms with Crippen LogP contribution in [0.15, 0.2) is 79.0 Å². The Morgan fingerprint density at radius 3 is 2.42 bits per heavy atom. The maximum Gasteiger partial charge on any atom is 0.226 e. The summed E-state index contributed by atoms with van der Waals surface area (Å²) in [5.74, 6) is -0.735. The van der Waals surface area contributed by atoms with E-state index in [1.54, 1.807) is 24.4 Å². The number of carbonyl (C=O) groups is 1. The Labute approximate surface area is 227 Å². The molecule has 1 saturated heterocycles. The third-order valence-electron chi connectivity index (χ3n) is 7.24. The minimum atomic E-state index is -0.462. The maximum atomic E-state index is 14.1. The molecule has 2 aromatic carbocycles. The smallest absolute Gasteiger partial charge is 0.226 e. The Morgan fingerprint density at radius 2 is 1.71 bits per heavy atom. The lowest BCUT2D eigenvalue weighted by atomic mass is 9.93. The maximum absolute atomic E-state index is 14.1. The molecular weight excluding hydrogens is 497 g/mol. The van der Waals surface area contributed by atoms with E-state index < -0.39 is 5.82 Å². The summed E-state index contributed by atoms with van der Waals surface area (Å²) >= 11 is 5.81. The molecule has 0 radical (unpaired) electrons. The van der Waals surface area contributed by atoms with Crippen LogP contribution < -0.4 is 10.6 Å². The first-order valence-electron chi connectivity index (χ1n) is 12.6. The second-order valence-corrected chi connectivity index (χ2v) is 9.87. The fourth-order valence-corrected chi connectivity index (χ4v) is 5.70. The molecule has 2 aromatic heterocycles. The van der Waals surface area contributed by atoms with Crippen molar-refractivity contribution in [2.24, 2.45) is 0 Å². The molecule has 0 spiro atoms. The lowest BCUT2D eigenvalue weighted by Crippen LogP contribution is -2.33. The quantitative estimate of drug-likeness (QED) is 0.292. The number of benzene rings is 2. The van der Waals surface area contributed by atoms with Gasteiger partial charge in [-0.15, -0.1) is 0 Å². The number of anilines is 1. The Kier molecular flexibility index (Phi) is 7.24. The van der Waals surface area contributed by atoms with Crippen molar-refractivity contribution in [3.8, 4) is 5.69 Å². The van der Waals surface area contributed by atoms with Gasteiger partial charge in [-0.05, 0) is 75.0 Å². The standard InChI is InChI=1S/C30H30FN5OS/c1-19-20(2)36(22-11-5-4-6-12-22)21(3)27(19)29-28(25-15-9-10-17-32-25)34-30(38)35(29)18-16-26(37)33-24-14-8-7-13-23(24)31/h4-15,17,28-29H,16,18H2,1-3H3,(H,33,37)(H,34,38). The van der Waals surface area contributed by atoms with Gasteiger partial charge in [-0.25, -0.2) is 4.39 Å². The molecule has 0 saturated carbocycles. The molecule has 38 heavy (non-hydrogen) atoms. The first-order valence-corrected chi connectivity index (χ1v) is 13.0. The average molecular weight is 528 g/mol. The predicted octanol–water partition coefficient (Wildman–Crippen LogP) is 5.94. The summed E-state index contributed by atoms with van der Waals surface area (Å²) in [4.78, 5) is 19.5. The monoisotopic (exact) mass is 527 g/mol. The summed E-state index contributed by atoms with van der Waals surface area (Å²) in [6, 6.07) is 21.9. The van der Waals surface area contributed by atoms with Crippen molar-refractivity contribution >= 4 is 28.9 Å². The number of thiocarbonyl (C=S) groups is 1. The zero-order valence-corrected chi connectivity index (χ0v) is 22.4. The van der Waals surface area contributed by atoms with Gasteiger partial charge >= 0.3 is 0 Å². The van der Waals surface area contributed by atoms with Crippen molar-refractivity contribution in [3.05, 3.63) is 113 Å². The first kappa shape index (κ1) is 25.6. The van der Waals surface area contributed by atoms with Crippen molar-refractivity contribution in [1.29, 1.82) is 0 Å². The highest BCUT2D eigenvalue weighted by atomic mass is 32.1. The van der Waals surface area contributed by atoms with Gasteiger partial charge in [-0.3, -0.25) is 9.78 Å². The van der Waals surface area contributed by atoms with Crippen LogP contribution in [0.1, 0.15) is 46.7 Å². The molecule has 3 heterocycles. The molecule has 8 heteroatoms. The number of pyridine rings is 1. The molecule has 1 fully saturated rings. The molecule has 0 bridgehead atoms. The van der Waals surface area contributed by atoms with Crippen LogP contribution in [-0.4, -0.2) is 32.0 Å². The molecular formula is C30H30FN5OS. The predicted molar refractivity (Wildman–Crippen MR) is 152 cm³/mol. The summed E-state index contributed by atoms with van der Waals surface area (Å²) in [6.45, 7) is 6.76. The second-order valence-electron chi connectivity index (χ2n) is 9.48. The van der Waals surface area contributed by atoms with E-state index in [1.807, 2.05) is 36.4 Å². The van der Waals surface area contributed by atoms with Gasteiger partial charge in [0.2, 0.25) is 5.91 Å². The van der Waals surface area contributed by atoms with Gasteiger partial charge in [0.05, 0.1) is 23.5 Å². The Hall–Kier alpha value is -4.04. The van der Waals surface area contributed by atoms with Crippen LogP contribution in [0, 0.1) is 26.6 Å². The SMILES string of the molecule is Cc1c(C2C(c3ccccn3)NC(=S)N2CCC(=O)Nc2ccccc2F)c(C)n(-c2ccccc2)c1C. The van der Waals surface area contributed by atoms with E-state index in [9.17, 15) is 9.18 Å². The van der Waals surface area contributed by atoms with Gasteiger partial charge < -0.3 is 20.1 Å². The Balaban J connectivity index is 1.50. The van der Waals surface area contributed by atoms with Crippen molar-refractivity contribution in [2.45, 2.75) is 39.3 Å². The molecule has 1 amide bonds. The minimum Gasteiger partial charge on any atom is -0.352 e. The van der Waals surface area contributed by atoms with Crippen LogP contribution in [0.3, 0.4) is 0 Å². The highest BCUT2D eigenvalue weighted by molar-refractivity contribution is 7.80. The molecule has 5 rings (SSSR count). The second kappa shape index (κ2) is 10.8. The molecule has 2 atom stereocenters. The summed E-state index contributed by atoms with van der Waals surface area (Å²) in [6.07, 6.45) is 1.93. The fraction of sp³-hybridized carbons (Fsp3) is 0.233. The topological polar surface area (TPSA) is 62.2 Å².